The highest BCUT2D eigenvalue weighted by molar-refractivity contribution is 9.10. The molecule has 0 saturated carbocycles. The lowest BCUT2D eigenvalue weighted by Crippen LogP contribution is -2.22. The Bertz CT molecular complexity index is 553. The van der Waals surface area contributed by atoms with Gasteiger partial charge in [-0.1, -0.05) is 0 Å². The minimum Gasteiger partial charge on any atom is -0.354 e. The monoisotopic (exact) mass is 307 g/mol. The molecule has 6 heteroatoms. The van der Waals surface area contributed by atoms with Gasteiger partial charge in [-0.2, -0.15) is 5.10 Å². The highest BCUT2D eigenvalue weighted by Gasteiger charge is 2.25. The molecular formula is C12H14BrN5. The van der Waals surface area contributed by atoms with Gasteiger partial charge in [0.15, 0.2) is 0 Å². The van der Waals surface area contributed by atoms with Crippen molar-refractivity contribution in [1.29, 1.82) is 0 Å². The first-order valence-electron chi connectivity index (χ1n) is 5.96. The largest absolute Gasteiger partial charge is 0.354 e. The third-order valence-electron chi connectivity index (χ3n) is 3.19. The molecule has 3 heterocycles. The lowest BCUT2D eigenvalue weighted by Gasteiger charge is -2.17. The average Bonchev–Trinajstić information content (AvgIpc) is 2.97. The van der Waals surface area contributed by atoms with E-state index >= 15 is 0 Å². The quantitative estimate of drug-likeness (QED) is 0.853. The maximum atomic E-state index is 4.46. The van der Waals surface area contributed by atoms with Gasteiger partial charge >= 0.3 is 0 Å². The van der Waals surface area contributed by atoms with Crippen LogP contribution in [-0.2, 0) is 0 Å². The molecule has 0 aliphatic carbocycles. The van der Waals surface area contributed by atoms with Crippen LogP contribution in [0.3, 0.4) is 0 Å². The molecule has 5 nitrogen and oxygen atoms in total. The van der Waals surface area contributed by atoms with E-state index in [0.29, 0.717) is 6.04 Å². The number of hydrogen-bond donors (Lipinski definition) is 0. The van der Waals surface area contributed by atoms with E-state index in [1.54, 1.807) is 0 Å². The Kier molecular flexibility index (Phi) is 3.03. The molecule has 1 saturated heterocycles. The van der Waals surface area contributed by atoms with E-state index < -0.39 is 0 Å². The Morgan fingerprint density at radius 3 is 3.06 bits per heavy atom. The van der Waals surface area contributed by atoms with Gasteiger partial charge in [-0.05, 0) is 35.3 Å². The number of aryl methyl sites for hydroxylation is 1. The molecule has 1 fully saturated rings. The lowest BCUT2D eigenvalue weighted by molar-refractivity contribution is 0.494. The van der Waals surface area contributed by atoms with E-state index in [9.17, 15) is 0 Å². The van der Waals surface area contributed by atoms with Crippen molar-refractivity contribution >= 4 is 21.7 Å². The predicted molar refractivity (Wildman–Crippen MR) is 72.6 cm³/mol. The van der Waals surface area contributed by atoms with Crippen molar-refractivity contribution in [3.05, 3.63) is 35.0 Å². The van der Waals surface area contributed by atoms with Gasteiger partial charge in [0.1, 0.15) is 11.6 Å². The molecule has 1 aliphatic rings. The molecule has 2 aromatic rings. The third-order valence-corrected chi connectivity index (χ3v) is 3.60. The maximum Gasteiger partial charge on any atom is 0.132 e. The summed E-state index contributed by atoms with van der Waals surface area (Å²) in [5.41, 5.74) is 0. The van der Waals surface area contributed by atoms with Gasteiger partial charge in [-0.15, -0.1) is 0 Å². The molecule has 1 atom stereocenters. The van der Waals surface area contributed by atoms with Gasteiger partial charge in [0.05, 0.1) is 16.7 Å². The Labute approximate surface area is 114 Å². The lowest BCUT2D eigenvalue weighted by atomic mass is 10.3. The van der Waals surface area contributed by atoms with Crippen LogP contribution in [0.15, 0.2) is 29.1 Å². The number of halogens is 1. The molecule has 94 valence electrons. The van der Waals surface area contributed by atoms with Crippen molar-refractivity contribution < 1.29 is 0 Å². The van der Waals surface area contributed by atoms with Gasteiger partial charge in [0.2, 0.25) is 0 Å². The predicted octanol–water partition coefficient (Wildman–Crippen LogP) is 2.20. The highest BCUT2D eigenvalue weighted by atomic mass is 79.9. The van der Waals surface area contributed by atoms with E-state index in [-0.39, 0.29) is 0 Å². The van der Waals surface area contributed by atoms with E-state index in [4.69, 9.17) is 0 Å². The fraction of sp³-hybridized carbons (Fsp3) is 0.417. The molecule has 0 bridgehead atoms. The van der Waals surface area contributed by atoms with Crippen LogP contribution in [0.25, 0.3) is 0 Å². The van der Waals surface area contributed by atoms with Crippen molar-refractivity contribution in [2.45, 2.75) is 19.4 Å². The van der Waals surface area contributed by atoms with Crippen LogP contribution in [0.5, 0.6) is 0 Å². The van der Waals surface area contributed by atoms with Crippen LogP contribution in [0.1, 0.15) is 18.3 Å². The van der Waals surface area contributed by atoms with Gasteiger partial charge < -0.3 is 4.90 Å². The Hall–Kier alpha value is -1.43. The van der Waals surface area contributed by atoms with Crippen LogP contribution in [0.2, 0.25) is 0 Å². The summed E-state index contributed by atoms with van der Waals surface area (Å²) in [5, 5.41) is 4.35. The minimum atomic E-state index is 0.423. The molecule has 0 aromatic carbocycles. The average molecular weight is 308 g/mol. The fourth-order valence-corrected chi connectivity index (χ4v) is 2.60. The Morgan fingerprint density at radius 2 is 2.33 bits per heavy atom. The number of anilines is 1. The zero-order chi connectivity index (χ0) is 12.5. The number of aromatic nitrogens is 4. The Balaban J connectivity index is 1.75. The van der Waals surface area contributed by atoms with Crippen LogP contribution >= 0.6 is 15.9 Å². The number of nitrogens with zero attached hydrogens (tertiary/aromatic N) is 5. The first-order chi connectivity index (χ1) is 8.72. The third kappa shape index (κ3) is 2.25. The van der Waals surface area contributed by atoms with Crippen LogP contribution in [0, 0.1) is 6.92 Å². The van der Waals surface area contributed by atoms with E-state index in [0.717, 1.165) is 35.6 Å². The molecule has 1 unspecified atom stereocenters. The zero-order valence-corrected chi connectivity index (χ0v) is 11.7. The number of hydrogen-bond acceptors (Lipinski definition) is 4. The topological polar surface area (TPSA) is 46.8 Å². The van der Waals surface area contributed by atoms with Crippen molar-refractivity contribution in [1.82, 2.24) is 19.7 Å². The second kappa shape index (κ2) is 4.68. The summed E-state index contributed by atoms with van der Waals surface area (Å²) in [6.45, 7) is 3.88. The minimum absolute atomic E-state index is 0.423. The van der Waals surface area contributed by atoms with Gasteiger partial charge in [0.25, 0.3) is 0 Å². The SMILES string of the molecule is Cc1nccc(N2CCC(n3cc(Br)cn3)C2)n1. The van der Waals surface area contributed by atoms with Crippen LogP contribution < -0.4 is 4.90 Å². The molecule has 0 radical (unpaired) electrons. The second-order valence-electron chi connectivity index (χ2n) is 4.49. The van der Waals surface area contributed by atoms with Gasteiger partial charge in [-0.3, -0.25) is 4.68 Å². The summed E-state index contributed by atoms with van der Waals surface area (Å²) in [5.74, 6) is 1.83. The molecule has 3 rings (SSSR count). The van der Waals surface area contributed by atoms with Gasteiger partial charge in [0, 0.05) is 25.5 Å². The first kappa shape index (κ1) is 11.6. The molecule has 0 spiro atoms. The molecule has 2 aromatic heterocycles. The van der Waals surface area contributed by atoms with Crippen molar-refractivity contribution in [2.24, 2.45) is 0 Å². The maximum absolute atomic E-state index is 4.46. The molecule has 0 N–H and O–H groups in total. The zero-order valence-electron chi connectivity index (χ0n) is 10.1. The van der Waals surface area contributed by atoms with Crippen molar-refractivity contribution in [3.8, 4) is 0 Å². The first-order valence-corrected chi connectivity index (χ1v) is 6.76. The van der Waals surface area contributed by atoms with Crippen molar-refractivity contribution in [2.75, 3.05) is 18.0 Å². The number of rotatable bonds is 2. The fourth-order valence-electron chi connectivity index (χ4n) is 2.30. The van der Waals surface area contributed by atoms with E-state index in [1.807, 2.05) is 36.3 Å². The highest BCUT2D eigenvalue weighted by Crippen LogP contribution is 2.25. The van der Waals surface area contributed by atoms with Crippen LogP contribution in [-0.4, -0.2) is 32.8 Å². The molecule has 1 aliphatic heterocycles. The summed E-state index contributed by atoms with van der Waals surface area (Å²) in [7, 11) is 0. The summed E-state index contributed by atoms with van der Waals surface area (Å²) in [6, 6.07) is 2.39. The second-order valence-corrected chi connectivity index (χ2v) is 5.40. The summed E-state index contributed by atoms with van der Waals surface area (Å²) < 4.78 is 3.05. The van der Waals surface area contributed by atoms with Crippen molar-refractivity contribution in [3.63, 3.8) is 0 Å². The van der Waals surface area contributed by atoms with Crippen LogP contribution in [0.4, 0.5) is 5.82 Å². The smallest absolute Gasteiger partial charge is 0.132 e. The Morgan fingerprint density at radius 1 is 1.44 bits per heavy atom. The van der Waals surface area contributed by atoms with E-state index in [1.165, 1.54) is 0 Å². The summed E-state index contributed by atoms with van der Waals surface area (Å²) >= 11 is 3.43. The summed E-state index contributed by atoms with van der Waals surface area (Å²) in [4.78, 5) is 10.9. The normalized spacial score (nSPS) is 19.4. The molecule has 0 amide bonds. The standard InChI is InChI=1S/C12H14BrN5/c1-9-14-4-2-12(16-9)17-5-3-11(8-17)18-7-10(13)6-15-18/h2,4,6-7,11H,3,5,8H2,1H3. The summed E-state index contributed by atoms with van der Waals surface area (Å²) in [6.07, 6.45) is 6.77. The molecular weight excluding hydrogens is 294 g/mol. The molecule has 18 heavy (non-hydrogen) atoms. The van der Waals surface area contributed by atoms with E-state index in [2.05, 4.69) is 35.9 Å². The van der Waals surface area contributed by atoms with Gasteiger partial charge in [-0.25, -0.2) is 9.97 Å².